The smallest absolute Gasteiger partial charge is 0.399 e. The van der Waals surface area contributed by atoms with Gasteiger partial charge in [0.1, 0.15) is 0 Å². The maximum atomic E-state index is 9.08. The summed E-state index contributed by atoms with van der Waals surface area (Å²) in [6.07, 6.45) is 0. The summed E-state index contributed by atoms with van der Waals surface area (Å²) in [5.74, 6) is 0. The van der Waals surface area contributed by atoms with Crippen molar-refractivity contribution in [3.63, 3.8) is 0 Å². The van der Waals surface area contributed by atoms with Crippen molar-refractivity contribution in [3.05, 3.63) is 17.7 Å². The molecule has 0 amide bonds. The molecule has 0 bridgehead atoms. The molecule has 3 nitrogen and oxygen atoms in total. The molecule has 92 valence electrons. The molecule has 6 heteroatoms. The van der Waals surface area contributed by atoms with Crippen molar-refractivity contribution in [3.8, 4) is 6.07 Å². The summed E-state index contributed by atoms with van der Waals surface area (Å²) < 4.78 is 13.7. The van der Waals surface area contributed by atoms with E-state index in [2.05, 4.69) is 38.6 Å². The zero-order valence-corrected chi connectivity index (χ0v) is 14.0. The van der Waals surface area contributed by atoms with Crippen molar-refractivity contribution >= 4 is 54.0 Å². The lowest BCUT2D eigenvalue weighted by Gasteiger charge is -2.32. The van der Waals surface area contributed by atoms with Crippen LogP contribution in [0.1, 0.15) is 33.3 Å². The van der Waals surface area contributed by atoms with Crippen LogP contribution >= 0.6 is 0 Å². The first kappa shape index (κ1) is 15.2. The van der Waals surface area contributed by atoms with Crippen LogP contribution in [0.15, 0.2) is 12.1 Å². The third-order valence-electron chi connectivity index (χ3n) is 3.86. The van der Waals surface area contributed by atoms with Crippen molar-refractivity contribution in [1.82, 2.24) is 0 Å². The van der Waals surface area contributed by atoms with Crippen LogP contribution < -0.4 is 14.3 Å². The van der Waals surface area contributed by atoms with Crippen LogP contribution in [-0.4, -0.2) is 50.9 Å². The molecule has 2 rings (SSSR count). The van der Waals surface area contributed by atoms with E-state index < -0.39 is 7.12 Å². The first-order chi connectivity index (χ1) is 8.68. The Labute approximate surface area is 131 Å². The van der Waals surface area contributed by atoms with E-state index in [-0.39, 0.29) is 11.2 Å². The Balaban J connectivity index is 2.39. The van der Waals surface area contributed by atoms with Gasteiger partial charge < -0.3 is 9.31 Å². The SMILES string of the molecule is CC1(C)OB(c2c[c]([Al])c(C#N)[c]([Al])c2)OC1(C)C. The molecule has 1 saturated heterocycles. The normalized spacial score (nSPS) is 20.3. The third-order valence-corrected chi connectivity index (χ3v) is 4.77. The molecule has 1 aromatic carbocycles. The lowest BCUT2D eigenvalue weighted by atomic mass is 9.79. The van der Waals surface area contributed by atoms with Crippen LogP contribution in [0.25, 0.3) is 0 Å². The Morgan fingerprint density at radius 1 is 1.05 bits per heavy atom. The minimum absolute atomic E-state index is 0.354. The maximum Gasteiger partial charge on any atom is 0.494 e. The summed E-state index contributed by atoms with van der Waals surface area (Å²) in [5, 5.41) is 9.08. The summed E-state index contributed by atoms with van der Waals surface area (Å²) in [5.41, 5.74) is 0.893. The Hall–Kier alpha value is -0.240. The van der Waals surface area contributed by atoms with Gasteiger partial charge in [0.05, 0.1) is 17.3 Å². The standard InChI is InChI=1S/C13H14BNO2.2Al/c1-12(2)13(3,4)17-14(16-12)11-7-5-10(9-15)6-8-11;;/h7-8H,1-4H3;;. The highest BCUT2D eigenvalue weighted by Crippen LogP contribution is 2.36. The molecular weight excluding hydrogens is 267 g/mol. The van der Waals surface area contributed by atoms with Gasteiger partial charge in [-0.3, -0.25) is 0 Å². The second-order valence-corrected chi connectivity index (χ2v) is 7.02. The van der Waals surface area contributed by atoms with E-state index in [1.807, 2.05) is 39.8 Å². The summed E-state index contributed by atoms with van der Waals surface area (Å²) in [6, 6.07) is 6.05. The van der Waals surface area contributed by atoms with Gasteiger partial charge in [-0.05, 0) is 33.2 Å². The van der Waals surface area contributed by atoms with Crippen molar-refractivity contribution in [1.29, 1.82) is 5.26 Å². The van der Waals surface area contributed by atoms with Crippen LogP contribution in [0, 0.1) is 11.3 Å². The van der Waals surface area contributed by atoms with Gasteiger partial charge in [-0.1, -0.05) is 12.1 Å². The van der Waals surface area contributed by atoms with Gasteiger partial charge in [-0.15, -0.1) is 8.85 Å². The minimum atomic E-state index is -0.392. The van der Waals surface area contributed by atoms with E-state index >= 15 is 0 Å². The Morgan fingerprint density at radius 3 is 1.84 bits per heavy atom. The molecule has 1 fully saturated rings. The Bertz CT molecular complexity index is 527. The zero-order valence-electron chi connectivity index (χ0n) is 11.7. The number of nitriles is 1. The molecule has 1 heterocycles. The van der Waals surface area contributed by atoms with Crippen LogP contribution in [0.4, 0.5) is 0 Å². The van der Waals surface area contributed by atoms with Gasteiger partial charge in [-0.2, -0.15) is 5.26 Å². The van der Waals surface area contributed by atoms with E-state index in [1.54, 1.807) is 0 Å². The lowest BCUT2D eigenvalue weighted by Crippen LogP contribution is -2.41. The molecule has 0 saturated carbocycles. The average Bonchev–Trinajstić information content (AvgIpc) is 2.47. The molecule has 19 heavy (non-hydrogen) atoms. The van der Waals surface area contributed by atoms with Gasteiger partial charge in [0.15, 0.2) is 32.6 Å². The predicted molar refractivity (Wildman–Crippen MR) is 77.6 cm³/mol. The maximum absolute atomic E-state index is 9.08. The number of hydrogen-bond acceptors (Lipinski definition) is 3. The largest absolute Gasteiger partial charge is 0.494 e. The van der Waals surface area contributed by atoms with Crippen molar-refractivity contribution < 1.29 is 9.31 Å². The summed E-state index contributed by atoms with van der Waals surface area (Å²) in [7, 11) is -0.392. The summed E-state index contributed by atoms with van der Waals surface area (Å²) in [6.45, 7) is 8.11. The second-order valence-electron chi connectivity index (χ2n) is 5.77. The number of benzene rings is 1. The molecule has 1 aromatic rings. The molecule has 0 aliphatic carbocycles. The summed E-state index contributed by atoms with van der Waals surface area (Å²) >= 11 is 5.18. The van der Waals surface area contributed by atoms with Gasteiger partial charge in [0, 0.05) is 5.56 Å². The highest BCUT2D eigenvalue weighted by molar-refractivity contribution is 6.63. The third kappa shape index (κ3) is 2.66. The van der Waals surface area contributed by atoms with E-state index in [0.29, 0.717) is 5.56 Å². The Morgan fingerprint density at radius 2 is 1.47 bits per heavy atom. The highest BCUT2D eigenvalue weighted by Gasteiger charge is 2.51. The van der Waals surface area contributed by atoms with Gasteiger partial charge in [-0.25, -0.2) is 0 Å². The lowest BCUT2D eigenvalue weighted by molar-refractivity contribution is 0.00578. The number of nitrogens with zero attached hydrogens (tertiary/aromatic N) is 1. The minimum Gasteiger partial charge on any atom is -0.399 e. The molecule has 0 unspecified atom stereocenters. The number of rotatable bonds is 1. The molecule has 1 aliphatic rings. The van der Waals surface area contributed by atoms with Crippen LogP contribution in [0.2, 0.25) is 0 Å². The molecule has 0 aromatic heterocycles. The quantitative estimate of drug-likeness (QED) is 0.648. The molecule has 1 aliphatic heterocycles. The average molecular weight is 281 g/mol. The molecule has 4 radical (unpaired) electrons. The first-order valence-corrected chi connectivity index (χ1v) is 7.28. The molecule has 0 atom stereocenters. The Kier molecular flexibility index (Phi) is 3.94. The van der Waals surface area contributed by atoms with Crippen molar-refractivity contribution in [2.45, 2.75) is 38.9 Å². The summed E-state index contributed by atoms with van der Waals surface area (Å²) in [4.78, 5) is 0. The number of hydrogen-bond donors (Lipinski definition) is 0. The predicted octanol–water partition coefficient (Wildman–Crippen LogP) is -0.555. The topological polar surface area (TPSA) is 42.2 Å². The fraction of sp³-hybridized carbons (Fsp3) is 0.462. The monoisotopic (exact) mass is 281 g/mol. The second kappa shape index (κ2) is 4.95. The van der Waals surface area contributed by atoms with E-state index in [4.69, 9.17) is 14.6 Å². The van der Waals surface area contributed by atoms with Crippen molar-refractivity contribution in [2.24, 2.45) is 0 Å². The zero-order chi connectivity index (χ0) is 14.4. The molecule has 0 spiro atoms. The van der Waals surface area contributed by atoms with E-state index in [0.717, 1.165) is 14.3 Å². The van der Waals surface area contributed by atoms with Crippen LogP contribution in [0.5, 0.6) is 0 Å². The fourth-order valence-corrected chi connectivity index (χ4v) is 2.97. The first-order valence-electron chi connectivity index (χ1n) is 6.12. The van der Waals surface area contributed by atoms with E-state index in [9.17, 15) is 0 Å². The fourth-order valence-electron chi connectivity index (χ4n) is 1.96. The molecule has 0 N–H and O–H groups in total. The van der Waals surface area contributed by atoms with Crippen LogP contribution in [0.3, 0.4) is 0 Å². The van der Waals surface area contributed by atoms with E-state index in [1.165, 1.54) is 0 Å². The molecular formula is C13H14Al2BNO2. The van der Waals surface area contributed by atoms with Crippen LogP contribution in [-0.2, 0) is 9.31 Å². The highest BCUT2D eigenvalue weighted by atomic mass is 27.1. The van der Waals surface area contributed by atoms with Gasteiger partial charge in [0.25, 0.3) is 0 Å². The van der Waals surface area contributed by atoms with Gasteiger partial charge in [0.2, 0.25) is 0 Å². The van der Waals surface area contributed by atoms with Crippen molar-refractivity contribution in [2.75, 3.05) is 0 Å². The van der Waals surface area contributed by atoms with Gasteiger partial charge >= 0.3 is 7.12 Å².